The van der Waals surface area contributed by atoms with Crippen LogP contribution < -0.4 is 5.56 Å². The molecule has 2 aromatic heterocycles. The molecular weight excluding hydrogens is 464 g/mol. The summed E-state index contributed by atoms with van der Waals surface area (Å²) in [5.41, 5.74) is 4.31. The van der Waals surface area contributed by atoms with E-state index in [0.29, 0.717) is 44.3 Å². The van der Waals surface area contributed by atoms with Crippen molar-refractivity contribution >= 4 is 39.2 Å². The smallest absolute Gasteiger partial charge is 0.264 e. The molecule has 0 aliphatic carbocycles. The number of nitrogens with zero attached hydrogens (tertiary/aromatic N) is 3. The van der Waals surface area contributed by atoms with Crippen LogP contribution in [0.25, 0.3) is 10.2 Å². The summed E-state index contributed by atoms with van der Waals surface area (Å²) in [6, 6.07) is 15.5. The highest BCUT2D eigenvalue weighted by atomic mass is 32.2. The number of carbonyl (C=O) groups excluding carboxylic acids is 1. The third kappa shape index (κ3) is 4.91. The predicted molar refractivity (Wildman–Crippen MR) is 137 cm³/mol. The Balaban J connectivity index is 1.56. The van der Waals surface area contributed by atoms with Crippen LogP contribution in [0.2, 0.25) is 0 Å². The monoisotopic (exact) mass is 488 g/mol. The third-order valence-electron chi connectivity index (χ3n) is 5.60. The highest BCUT2D eigenvalue weighted by molar-refractivity contribution is 7.98. The van der Waals surface area contributed by atoms with Gasteiger partial charge < -0.3 is 9.88 Å². The van der Waals surface area contributed by atoms with E-state index in [0.717, 1.165) is 10.5 Å². The number of rotatable bonds is 6. The lowest BCUT2D eigenvalue weighted by atomic mass is 10.1. The van der Waals surface area contributed by atoms with Gasteiger partial charge >= 0.3 is 0 Å². The van der Waals surface area contributed by atoms with Crippen molar-refractivity contribution in [3.63, 3.8) is 0 Å². The fourth-order valence-electron chi connectivity index (χ4n) is 3.67. The van der Waals surface area contributed by atoms with Crippen LogP contribution in [0.5, 0.6) is 0 Å². The number of thioether (sulfide) groups is 1. The van der Waals surface area contributed by atoms with E-state index in [1.54, 1.807) is 42.8 Å². The maximum Gasteiger partial charge on any atom is 0.264 e. The zero-order chi connectivity index (χ0) is 24.4. The van der Waals surface area contributed by atoms with E-state index in [1.807, 2.05) is 12.1 Å². The molecule has 0 saturated carbocycles. The number of carbonyl (C=O) groups is 1. The van der Waals surface area contributed by atoms with Gasteiger partial charge in [0.05, 0.1) is 27.6 Å². The number of fused-ring (bicyclic) bond motifs is 1. The van der Waals surface area contributed by atoms with Crippen molar-refractivity contribution < 1.29 is 4.79 Å². The molecule has 172 valence electrons. The van der Waals surface area contributed by atoms with E-state index >= 15 is 0 Å². The van der Waals surface area contributed by atoms with Crippen molar-refractivity contribution in [3.05, 3.63) is 91.3 Å². The maximum absolute atomic E-state index is 13.2. The summed E-state index contributed by atoms with van der Waals surface area (Å²) in [7, 11) is 1.73. The highest BCUT2D eigenvalue weighted by Gasteiger charge is 2.22. The SMILES string of the molecule is Cc1ccc(C)c(SCc2nc3sc(C(=O)N(C)Cc4ccc(C#N)cc4)c(C)c3c(=O)[nH]2)c1. The molecule has 0 unspecified atom stereocenters. The van der Waals surface area contributed by atoms with Crippen molar-refractivity contribution in [1.29, 1.82) is 5.26 Å². The second-order valence-corrected chi connectivity index (χ2v) is 10.3. The van der Waals surface area contributed by atoms with Crippen LogP contribution in [0.1, 0.15) is 43.3 Å². The van der Waals surface area contributed by atoms with Crippen LogP contribution in [-0.2, 0) is 12.3 Å². The fraction of sp³-hybridized carbons (Fsp3) is 0.231. The van der Waals surface area contributed by atoms with Gasteiger partial charge in [-0.05, 0) is 55.7 Å². The molecule has 8 heteroatoms. The Hall–Kier alpha value is -3.41. The van der Waals surface area contributed by atoms with Gasteiger partial charge in [-0.15, -0.1) is 23.1 Å². The molecule has 0 saturated heterocycles. The summed E-state index contributed by atoms with van der Waals surface area (Å²) in [4.78, 5) is 37.5. The van der Waals surface area contributed by atoms with E-state index in [2.05, 4.69) is 48.1 Å². The second kappa shape index (κ2) is 9.84. The van der Waals surface area contributed by atoms with E-state index in [9.17, 15) is 9.59 Å². The average Bonchev–Trinajstić information content (AvgIpc) is 3.16. The topological polar surface area (TPSA) is 89.8 Å². The highest BCUT2D eigenvalue weighted by Crippen LogP contribution is 2.30. The molecule has 4 aromatic rings. The van der Waals surface area contributed by atoms with Gasteiger partial charge in [0.1, 0.15) is 10.7 Å². The molecule has 0 bridgehead atoms. The summed E-state index contributed by atoms with van der Waals surface area (Å²) in [6.45, 7) is 6.32. The van der Waals surface area contributed by atoms with Crippen LogP contribution in [0.15, 0.2) is 52.2 Å². The Morgan fingerprint density at radius 3 is 2.62 bits per heavy atom. The van der Waals surface area contributed by atoms with Gasteiger partial charge in [0.25, 0.3) is 11.5 Å². The number of nitrogens with one attached hydrogen (secondary N) is 1. The van der Waals surface area contributed by atoms with Crippen LogP contribution in [0.4, 0.5) is 0 Å². The van der Waals surface area contributed by atoms with Gasteiger partial charge in [-0.2, -0.15) is 5.26 Å². The Kier molecular flexibility index (Phi) is 6.87. The largest absolute Gasteiger partial charge is 0.337 e. The van der Waals surface area contributed by atoms with Crippen molar-refractivity contribution in [2.75, 3.05) is 7.05 Å². The standard InChI is InChI=1S/C26H24N4O2S2/c1-15-5-6-16(2)20(11-15)33-14-21-28-24(31)22-17(3)23(34-25(22)29-21)26(32)30(4)13-19-9-7-18(12-27)8-10-19/h5-11H,13-14H2,1-4H3,(H,28,29,31). The van der Waals surface area contributed by atoms with E-state index in [4.69, 9.17) is 5.26 Å². The first-order valence-electron chi connectivity index (χ1n) is 10.7. The van der Waals surface area contributed by atoms with Crippen LogP contribution in [0.3, 0.4) is 0 Å². The summed E-state index contributed by atoms with van der Waals surface area (Å²) >= 11 is 2.89. The quantitative estimate of drug-likeness (QED) is 0.370. The minimum absolute atomic E-state index is 0.157. The molecule has 6 nitrogen and oxygen atoms in total. The summed E-state index contributed by atoms with van der Waals surface area (Å²) in [5.74, 6) is 0.971. The average molecular weight is 489 g/mol. The van der Waals surface area contributed by atoms with Gasteiger partial charge in [-0.1, -0.05) is 29.8 Å². The first-order valence-corrected chi connectivity index (χ1v) is 12.5. The van der Waals surface area contributed by atoms with E-state index in [-0.39, 0.29) is 11.5 Å². The molecule has 0 aliphatic heterocycles. The number of hydrogen-bond donors (Lipinski definition) is 1. The normalized spacial score (nSPS) is 10.9. The molecule has 34 heavy (non-hydrogen) atoms. The number of H-pyrrole nitrogens is 1. The minimum atomic E-state index is -0.218. The second-order valence-electron chi connectivity index (χ2n) is 8.28. The van der Waals surface area contributed by atoms with Crippen LogP contribution >= 0.6 is 23.1 Å². The molecule has 1 N–H and O–H groups in total. The number of nitriles is 1. The minimum Gasteiger partial charge on any atom is -0.337 e. The number of aryl methyl sites for hydroxylation is 3. The molecule has 1 amide bonds. The van der Waals surface area contributed by atoms with Crippen molar-refractivity contribution in [1.82, 2.24) is 14.9 Å². The fourth-order valence-corrected chi connectivity index (χ4v) is 5.86. The maximum atomic E-state index is 13.2. The van der Waals surface area contributed by atoms with E-state index < -0.39 is 0 Å². The zero-order valence-corrected chi connectivity index (χ0v) is 21.1. The number of thiophene rings is 1. The van der Waals surface area contributed by atoms with Gasteiger partial charge in [-0.25, -0.2) is 4.98 Å². The molecule has 4 rings (SSSR count). The molecule has 0 aliphatic rings. The van der Waals surface area contributed by atoms with E-state index in [1.165, 1.54) is 22.5 Å². The van der Waals surface area contributed by atoms with Crippen LogP contribution in [0, 0.1) is 32.1 Å². The molecule has 0 fully saturated rings. The van der Waals surface area contributed by atoms with Gasteiger partial charge in [0.15, 0.2) is 0 Å². The Morgan fingerprint density at radius 2 is 1.91 bits per heavy atom. The predicted octanol–water partition coefficient (Wildman–Crippen LogP) is 5.35. The first kappa shape index (κ1) is 23.7. The number of benzene rings is 2. The van der Waals surface area contributed by atoms with Gasteiger partial charge in [0.2, 0.25) is 0 Å². The van der Waals surface area contributed by atoms with Crippen molar-refractivity contribution in [2.45, 2.75) is 38.0 Å². The number of amides is 1. The Morgan fingerprint density at radius 1 is 1.18 bits per heavy atom. The lowest BCUT2D eigenvalue weighted by molar-refractivity contribution is 0.0789. The zero-order valence-electron chi connectivity index (χ0n) is 19.4. The van der Waals surface area contributed by atoms with Crippen LogP contribution in [-0.4, -0.2) is 27.8 Å². The van der Waals surface area contributed by atoms with Gasteiger partial charge in [0, 0.05) is 18.5 Å². The molecule has 2 heterocycles. The Labute approximate surface area is 206 Å². The molecule has 0 spiro atoms. The molecule has 2 aromatic carbocycles. The summed E-state index contributed by atoms with van der Waals surface area (Å²) < 4.78 is 0. The van der Waals surface area contributed by atoms with Gasteiger partial charge in [-0.3, -0.25) is 9.59 Å². The third-order valence-corrected chi connectivity index (χ3v) is 7.94. The number of hydrogen-bond acceptors (Lipinski definition) is 6. The first-order chi connectivity index (χ1) is 16.3. The molecular formula is C26H24N4O2S2. The van der Waals surface area contributed by atoms with Crippen molar-refractivity contribution in [2.24, 2.45) is 0 Å². The summed E-state index contributed by atoms with van der Waals surface area (Å²) in [6.07, 6.45) is 0. The van der Waals surface area contributed by atoms with Crippen molar-refractivity contribution in [3.8, 4) is 6.07 Å². The summed E-state index contributed by atoms with van der Waals surface area (Å²) in [5, 5.41) is 9.43. The number of aromatic amines is 1. The Bertz CT molecular complexity index is 1480. The molecule has 0 radical (unpaired) electrons. The lowest BCUT2D eigenvalue weighted by Crippen LogP contribution is -2.26. The molecule has 0 atom stereocenters. The number of aromatic nitrogens is 2. The lowest BCUT2D eigenvalue weighted by Gasteiger charge is -2.17.